The highest BCUT2D eigenvalue weighted by atomic mass is 16.3. The van der Waals surface area contributed by atoms with Crippen molar-refractivity contribution in [2.45, 2.75) is 0 Å². The molecule has 24 aromatic rings. The first kappa shape index (κ1) is 70.9. The molecule has 8 nitrogen and oxygen atoms in total. The summed E-state index contributed by atoms with van der Waals surface area (Å²) in [5.74, 6) is 1.38. The zero-order valence-electron chi connectivity index (χ0n) is 65.9. The first-order valence-electron chi connectivity index (χ1n) is 41.2. The number of pyridine rings is 2. The van der Waals surface area contributed by atoms with E-state index in [2.05, 4.69) is 352 Å². The molecule has 0 spiro atoms. The van der Waals surface area contributed by atoms with E-state index in [0.29, 0.717) is 11.6 Å². The quantitative estimate of drug-likeness (QED) is 0.111. The summed E-state index contributed by atoms with van der Waals surface area (Å²) >= 11 is 0. The Bertz CT molecular complexity index is 7710. The molecule has 0 fully saturated rings. The maximum absolute atomic E-state index is 6.77. The third-order valence-corrected chi connectivity index (χ3v) is 23.8. The molecule has 0 aliphatic rings. The van der Waals surface area contributed by atoms with Gasteiger partial charge in [0.05, 0.1) is 56.0 Å². The van der Waals surface area contributed by atoms with E-state index in [1.54, 1.807) is 0 Å². The first-order valence-corrected chi connectivity index (χ1v) is 41.2. The van der Waals surface area contributed by atoms with Crippen molar-refractivity contribution in [3.05, 3.63) is 425 Å². The molecule has 6 aromatic heterocycles. The highest BCUT2D eigenvalue weighted by Gasteiger charge is 2.25. The lowest BCUT2D eigenvalue weighted by Crippen LogP contribution is -1.96. The number of hydrogen-bond donors (Lipinski definition) is 0. The zero-order valence-corrected chi connectivity index (χ0v) is 65.9. The van der Waals surface area contributed by atoms with Gasteiger partial charge in [0.15, 0.2) is 11.6 Å². The monoisotopic (exact) mass is 1550 g/mol. The minimum absolute atomic E-state index is 0.688. The fraction of sp³-hybridized carbons (Fsp3) is 0. The third kappa shape index (κ3) is 12.8. The standard InChI is InChI=1S/2C57H35N3O/c1-3-13-36(14-4-1)37-25-29-41(30-26-37)57-59-51(39-15-5-2-6-16-39)35-52(60-57)40-27-23-38(24-28-40)42-31-32-50-49(33-42)56-54(47-21-11-12-22-53(47)61-56)55(58-50)48-34-43-17-7-8-18-44(43)45-19-9-10-20-46(45)48;1-3-13-36(14-4-1)37-23-27-39(28-24-37)51-35-52(60-57(59-51)41-15-5-2-6-16-41)40-29-25-38(26-30-40)42-31-32-50-49(33-42)56-54(47-21-11-12-22-53(47)61-56)55(58-50)48-34-43-17-7-8-18-44(43)45-19-9-10-20-46(45)48/h2*1-35H. The van der Waals surface area contributed by atoms with Crippen LogP contribution in [0, 0.1) is 0 Å². The van der Waals surface area contributed by atoms with Crippen molar-refractivity contribution >= 4 is 109 Å². The summed E-state index contributed by atoms with van der Waals surface area (Å²) in [5, 5.41) is 15.7. The number of fused-ring (bicyclic) bond motifs is 16. The van der Waals surface area contributed by atoms with Crippen LogP contribution < -0.4 is 0 Å². The Morgan fingerprint density at radius 1 is 0.164 bits per heavy atom. The van der Waals surface area contributed by atoms with E-state index in [1.807, 2.05) is 72.8 Å². The fourth-order valence-electron chi connectivity index (χ4n) is 17.7. The maximum atomic E-state index is 6.77. The molecule has 0 aliphatic carbocycles. The number of rotatable bonds is 12. The van der Waals surface area contributed by atoms with Gasteiger partial charge in [0.25, 0.3) is 0 Å². The van der Waals surface area contributed by atoms with Crippen LogP contribution in [0.3, 0.4) is 0 Å². The van der Waals surface area contributed by atoms with Gasteiger partial charge in [-0.1, -0.05) is 364 Å². The van der Waals surface area contributed by atoms with Crippen LogP contribution in [0.15, 0.2) is 433 Å². The smallest absolute Gasteiger partial charge is 0.160 e. The van der Waals surface area contributed by atoms with Crippen LogP contribution in [0.5, 0.6) is 0 Å². The van der Waals surface area contributed by atoms with E-state index < -0.39 is 0 Å². The van der Waals surface area contributed by atoms with Crippen molar-refractivity contribution in [1.82, 2.24) is 29.9 Å². The lowest BCUT2D eigenvalue weighted by molar-refractivity contribution is 0.672. The molecule has 18 aromatic carbocycles. The van der Waals surface area contributed by atoms with Gasteiger partial charge in [-0.15, -0.1) is 0 Å². The highest BCUT2D eigenvalue weighted by molar-refractivity contribution is 6.25. The number of benzene rings is 18. The Kier molecular flexibility index (Phi) is 17.4. The molecule has 0 saturated carbocycles. The van der Waals surface area contributed by atoms with Crippen LogP contribution >= 0.6 is 0 Å². The van der Waals surface area contributed by atoms with Crippen molar-refractivity contribution in [3.8, 4) is 135 Å². The van der Waals surface area contributed by atoms with Gasteiger partial charge in [-0.25, -0.2) is 29.9 Å². The highest BCUT2D eigenvalue weighted by Crippen LogP contribution is 2.47. The minimum atomic E-state index is 0.688. The molecular formula is C114H70N6O2. The molecule has 0 amide bonds. The van der Waals surface area contributed by atoms with Crippen LogP contribution in [-0.2, 0) is 0 Å². The Morgan fingerprint density at radius 2 is 0.426 bits per heavy atom. The molecular weight excluding hydrogens is 1490 g/mol. The van der Waals surface area contributed by atoms with E-state index in [0.717, 1.165) is 172 Å². The molecule has 0 atom stereocenters. The molecule has 568 valence electrons. The Labute approximate surface area is 702 Å². The van der Waals surface area contributed by atoms with Crippen LogP contribution in [0.4, 0.5) is 0 Å². The predicted molar refractivity (Wildman–Crippen MR) is 504 cm³/mol. The maximum Gasteiger partial charge on any atom is 0.160 e. The molecule has 0 saturated heterocycles. The molecule has 6 heterocycles. The van der Waals surface area contributed by atoms with Gasteiger partial charge in [-0.05, 0) is 148 Å². The Hall–Kier alpha value is -16.4. The Morgan fingerprint density at radius 3 is 0.811 bits per heavy atom. The number of furan rings is 2. The van der Waals surface area contributed by atoms with Crippen LogP contribution in [0.1, 0.15) is 0 Å². The van der Waals surface area contributed by atoms with Crippen molar-refractivity contribution in [2.24, 2.45) is 0 Å². The number of hydrogen-bond acceptors (Lipinski definition) is 8. The molecule has 24 rings (SSSR count). The van der Waals surface area contributed by atoms with Gasteiger partial charge in [-0.2, -0.15) is 0 Å². The second-order valence-electron chi connectivity index (χ2n) is 31.1. The van der Waals surface area contributed by atoms with Crippen LogP contribution in [-0.4, -0.2) is 29.9 Å². The van der Waals surface area contributed by atoms with Gasteiger partial charge in [0.1, 0.15) is 22.3 Å². The van der Waals surface area contributed by atoms with Crippen molar-refractivity contribution < 1.29 is 8.83 Å². The van der Waals surface area contributed by atoms with E-state index in [9.17, 15) is 0 Å². The molecule has 8 heteroatoms. The molecule has 0 radical (unpaired) electrons. The van der Waals surface area contributed by atoms with Crippen molar-refractivity contribution in [2.75, 3.05) is 0 Å². The number of para-hydroxylation sites is 2. The van der Waals surface area contributed by atoms with Crippen molar-refractivity contribution in [3.63, 3.8) is 0 Å². The van der Waals surface area contributed by atoms with E-state index in [4.69, 9.17) is 38.7 Å². The van der Waals surface area contributed by atoms with Crippen LogP contribution in [0.2, 0.25) is 0 Å². The normalized spacial score (nSPS) is 11.6. The summed E-state index contributed by atoms with van der Waals surface area (Å²) in [6.07, 6.45) is 0. The largest absolute Gasteiger partial charge is 0.455 e. The van der Waals surface area contributed by atoms with E-state index in [-0.39, 0.29) is 0 Å². The summed E-state index contributed by atoms with van der Waals surface area (Å²) in [4.78, 5) is 31.3. The lowest BCUT2D eigenvalue weighted by atomic mass is 9.93. The average Bonchev–Trinajstić information content (AvgIpc) is 1.50. The van der Waals surface area contributed by atoms with E-state index >= 15 is 0 Å². The van der Waals surface area contributed by atoms with Crippen molar-refractivity contribution in [1.29, 1.82) is 0 Å². The SMILES string of the molecule is c1ccc(-c2ccc(-c3cc(-c4ccc(-c5ccc6nc(-c7cc8ccccc8c8ccccc78)c7c8ccccc8oc7c6c5)cc4)nc(-c4ccccc4)n3)cc2)cc1.c1ccc(-c2ccc(-c3nc(-c4ccccc4)cc(-c4ccc(-c5ccc6nc(-c7cc8ccccc8c8ccccc78)c7c8ccccc8oc7c6c5)cc4)n3)cc2)cc1. The lowest BCUT2D eigenvalue weighted by Gasteiger charge is -2.13. The van der Waals surface area contributed by atoms with Gasteiger partial charge < -0.3 is 8.83 Å². The third-order valence-electron chi connectivity index (χ3n) is 23.8. The fourth-order valence-corrected chi connectivity index (χ4v) is 17.7. The van der Waals surface area contributed by atoms with Gasteiger partial charge in [0, 0.05) is 66.1 Å². The zero-order chi connectivity index (χ0) is 80.6. The predicted octanol–water partition coefficient (Wildman–Crippen LogP) is 30.5. The summed E-state index contributed by atoms with van der Waals surface area (Å²) in [6.45, 7) is 0. The number of aromatic nitrogens is 6. The van der Waals surface area contributed by atoms with Gasteiger partial charge in [0.2, 0.25) is 0 Å². The second-order valence-corrected chi connectivity index (χ2v) is 31.1. The average molecular weight is 1560 g/mol. The van der Waals surface area contributed by atoms with Gasteiger partial charge in [-0.3, -0.25) is 0 Å². The first-order chi connectivity index (χ1) is 60.4. The topological polar surface area (TPSA) is 104 Å². The summed E-state index contributed by atoms with van der Waals surface area (Å²) < 4.78 is 13.5. The second kappa shape index (κ2) is 29.9. The summed E-state index contributed by atoms with van der Waals surface area (Å²) in [5.41, 5.74) is 27.8. The minimum Gasteiger partial charge on any atom is -0.455 e. The summed E-state index contributed by atoms with van der Waals surface area (Å²) in [6, 6.07) is 149. The Balaban J connectivity index is 0.000000142. The van der Waals surface area contributed by atoms with E-state index in [1.165, 1.54) is 59.8 Å². The molecule has 122 heavy (non-hydrogen) atoms. The molecule has 0 aliphatic heterocycles. The number of nitrogens with zero attached hydrogens (tertiary/aromatic N) is 6. The summed E-state index contributed by atoms with van der Waals surface area (Å²) in [7, 11) is 0. The molecule has 0 N–H and O–H groups in total. The van der Waals surface area contributed by atoms with Crippen LogP contribution in [0.25, 0.3) is 244 Å². The molecule has 0 unspecified atom stereocenters. The van der Waals surface area contributed by atoms with Gasteiger partial charge >= 0.3 is 0 Å². The molecule has 0 bridgehead atoms.